The highest BCUT2D eigenvalue weighted by atomic mass is 35.5. The van der Waals surface area contributed by atoms with Crippen molar-refractivity contribution in [3.8, 4) is 0 Å². The molecule has 0 radical (unpaired) electrons. The number of aromatic nitrogens is 1. The van der Waals surface area contributed by atoms with E-state index in [0.29, 0.717) is 35.3 Å². The van der Waals surface area contributed by atoms with Gasteiger partial charge in [0.1, 0.15) is 17.3 Å². The summed E-state index contributed by atoms with van der Waals surface area (Å²) < 4.78 is 6.82. The van der Waals surface area contributed by atoms with E-state index in [9.17, 15) is 9.59 Å². The van der Waals surface area contributed by atoms with Crippen molar-refractivity contribution in [2.75, 3.05) is 18.5 Å². The molecule has 5 rings (SSSR count). The molecule has 2 aromatic heterocycles. The number of thiol groups is 1. The summed E-state index contributed by atoms with van der Waals surface area (Å²) in [5.41, 5.74) is 0.755. The monoisotopic (exact) mass is 499 g/mol. The van der Waals surface area contributed by atoms with Gasteiger partial charge in [-0.1, -0.05) is 48.7 Å². The number of carbonyl (C=O) groups is 2. The summed E-state index contributed by atoms with van der Waals surface area (Å²) in [7, 11) is 0. The number of amides is 1. The van der Waals surface area contributed by atoms with Gasteiger partial charge in [0.15, 0.2) is 5.78 Å². The molecule has 2 saturated heterocycles. The number of hydrogen-bond acceptors (Lipinski definition) is 7. The smallest absolute Gasteiger partial charge is 0.248 e. The topological polar surface area (TPSA) is 71.5 Å². The van der Waals surface area contributed by atoms with Crippen molar-refractivity contribution in [1.82, 2.24) is 9.29 Å². The minimum absolute atomic E-state index is 0.0395. The van der Waals surface area contributed by atoms with Crippen LogP contribution in [0.4, 0.5) is 5.82 Å². The largest absolute Gasteiger partial charge is 0.379 e. The number of ether oxygens (including phenoxy) is 1. The Labute approximate surface area is 206 Å². The number of nitrogens with zero attached hydrogens (tertiary/aromatic N) is 2. The van der Waals surface area contributed by atoms with Gasteiger partial charge in [-0.25, -0.2) is 4.98 Å². The van der Waals surface area contributed by atoms with Crippen LogP contribution in [-0.2, 0) is 19.9 Å². The molecule has 0 saturated carbocycles. The first-order valence-electron chi connectivity index (χ1n) is 10.7. The third-order valence-electron chi connectivity index (χ3n) is 6.24. The van der Waals surface area contributed by atoms with Crippen molar-refractivity contribution in [2.24, 2.45) is 0 Å². The maximum atomic E-state index is 13.6. The lowest BCUT2D eigenvalue weighted by molar-refractivity contribution is -0.142. The van der Waals surface area contributed by atoms with Gasteiger partial charge in [-0.2, -0.15) is 11.3 Å². The minimum Gasteiger partial charge on any atom is -0.379 e. The van der Waals surface area contributed by atoms with Gasteiger partial charge in [0.2, 0.25) is 5.91 Å². The molecule has 33 heavy (non-hydrogen) atoms. The fraction of sp³-hybridized carbons (Fsp3) is 0.292. The highest BCUT2D eigenvalue weighted by molar-refractivity contribution is 7.78. The Hall–Kier alpha value is -2.39. The molecule has 3 aromatic rings. The second-order valence-electron chi connectivity index (χ2n) is 8.23. The molecule has 1 amide bonds. The van der Waals surface area contributed by atoms with E-state index in [2.05, 4.69) is 18.1 Å². The van der Waals surface area contributed by atoms with E-state index in [-0.39, 0.29) is 18.2 Å². The molecule has 6 nitrogen and oxygen atoms in total. The molecule has 4 heterocycles. The number of benzene rings is 1. The van der Waals surface area contributed by atoms with Crippen LogP contribution in [0.25, 0.3) is 0 Å². The lowest BCUT2D eigenvalue weighted by Crippen LogP contribution is -2.54. The Morgan fingerprint density at radius 1 is 1.18 bits per heavy atom. The summed E-state index contributed by atoms with van der Waals surface area (Å²) in [5, 5.41) is 7.64. The van der Waals surface area contributed by atoms with Crippen LogP contribution in [0.3, 0.4) is 0 Å². The van der Waals surface area contributed by atoms with Crippen LogP contribution in [0.15, 0.2) is 59.3 Å². The lowest BCUT2D eigenvalue weighted by Gasteiger charge is -2.45. The van der Waals surface area contributed by atoms with Crippen LogP contribution in [-0.4, -0.2) is 40.2 Å². The zero-order valence-corrected chi connectivity index (χ0v) is 20.1. The Morgan fingerprint density at radius 2 is 2.03 bits per heavy atom. The summed E-state index contributed by atoms with van der Waals surface area (Å²) in [5.74, 6) is -0.959. The summed E-state index contributed by atoms with van der Waals surface area (Å²) in [6, 6.07) is 14.6. The Morgan fingerprint density at radius 3 is 2.76 bits per heavy atom. The van der Waals surface area contributed by atoms with Gasteiger partial charge in [0, 0.05) is 18.1 Å². The van der Waals surface area contributed by atoms with Gasteiger partial charge >= 0.3 is 0 Å². The Balaban J connectivity index is 1.58. The molecule has 0 spiro atoms. The first-order chi connectivity index (χ1) is 16.0. The molecule has 1 aromatic carbocycles. The first kappa shape index (κ1) is 22.4. The zero-order chi connectivity index (χ0) is 23.0. The number of nitrogens with one attached hydrogen (secondary N) is 1. The molecule has 170 valence electrons. The van der Waals surface area contributed by atoms with E-state index in [1.807, 2.05) is 35.0 Å². The van der Waals surface area contributed by atoms with Gasteiger partial charge in [0.05, 0.1) is 18.3 Å². The number of halogens is 1. The van der Waals surface area contributed by atoms with Crippen molar-refractivity contribution in [1.29, 1.82) is 0 Å². The number of rotatable bonds is 5. The Kier molecular flexibility index (Phi) is 6.18. The van der Waals surface area contributed by atoms with Crippen LogP contribution in [0.1, 0.15) is 35.6 Å². The van der Waals surface area contributed by atoms with Crippen LogP contribution >= 0.6 is 35.8 Å². The second-order valence-corrected chi connectivity index (χ2v) is 9.82. The number of carbonyl (C=O) groups excluding carboxylic acids is 2. The average molecular weight is 500 g/mol. The van der Waals surface area contributed by atoms with E-state index in [0.717, 1.165) is 12.0 Å². The fourth-order valence-corrected chi connectivity index (χ4v) is 5.94. The molecule has 1 N–H and O–H groups in total. The molecule has 2 aliphatic rings. The van der Waals surface area contributed by atoms with Gasteiger partial charge in [-0.15, -0.1) is 0 Å². The molecule has 2 fully saturated rings. The van der Waals surface area contributed by atoms with Crippen molar-refractivity contribution >= 4 is 53.3 Å². The van der Waals surface area contributed by atoms with E-state index in [4.69, 9.17) is 21.3 Å². The SMILES string of the molecule is O=C1CC(c2ccsc2)(c2cccc(NC3CCOC3)n2)N(S)C(=O)C1c1ccccc1Cl. The number of hydrogen-bond donors (Lipinski definition) is 2. The number of Topliss-reactive ketones (excluding diaryl/α,β-unsaturated/α-hetero) is 1. The number of anilines is 1. The van der Waals surface area contributed by atoms with Crippen molar-refractivity contribution in [2.45, 2.75) is 30.3 Å². The predicted molar refractivity (Wildman–Crippen MR) is 132 cm³/mol. The molecule has 9 heteroatoms. The highest BCUT2D eigenvalue weighted by Crippen LogP contribution is 2.48. The minimum atomic E-state index is -1.13. The van der Waals surface area contributed by atoms with Gasteiger partial charge in [-0.3, -0.25) is 13.9 Å². The molecule has 0 bridgehead atoms. The molecule has 2 aliphatic heterocycles. The van der Waals surface area contributed by atoms with Crippen molar-refractivity contribution in [3.05, 3.63) is 81.1 Å². The molecule has 3 atom stereocenters. The van der Waals surface area contributed by atoms with Gasteiger partial charge in [0.25, 0.3) is 0 Å². The standard InChI is InChI=1S/C24H22ClN3O3S2/c25-18-5-2-1-4-17(18)22-19(29)12-24(28(32)23(22)30,15-9-11-33-14-15)20-6-3-7-21(27-20)26-16-8-10-31-13-16/h1-7,9,11,14,16,22,32H,8,10,12-13H2,(H,26,27). The first-order valence-corrected chi connectivity index (χ1v) is 12.4. The third-order valence-corrected chi connectivity index (χ3v) is 7.80. The number of pyridine rings is 1. The molecule has 0 aliphatic carbocycles. The van der Waals surface area contributed by atoms with Crippen molar-refractivity contribution < 1.29 is 14.3 Å². The van der Waals surface area contributed by atoms with Crippen LogP contribution in [0.2, 0.25) is 5.02 Å². The maximum Gasteiger partial charge on any atom is 0.248 e. The van der Waals surface area contributed by atoms with E-state index >= 15 is 0 Å². The van der Waals surface area contributed by atoms with Crippen molar-refractivity contribution in [3.63, 3.8) is 0 Å². The molecular weight excluding hydrogens is 478 g/mol. The predicted octanol–water partition coefficient (Wildman–Crippen LogP) is 4.67. The second kappa shape index (κ2) is 9.10. The highest BCUT2D eigenvalue weighted by Gasteiger charge is 2.53. The van der Waals surface area contributed by atoms with Gasteiger partial charge < -0.3 is 10.1 Å². The van der Waals surface area contributed by atoms with E-state index in [1.165, 1.54) is 15.6 Å². The van der Waals surface area contributed by atoms with Gasteiger partial charge in [-0.05, 0) is 52.6 Å². The summed E-state index contributed by atoms with van der Waals surface area (Å²) in [4.78, 5) is 32.0. The Bertz CT molecular complexity index is 1180. The number of ketones is 1. The lowest BCUT2D eigenvalue weighted by atomic mass is 9.75. The summed E-state index contributed by atoms with van der Waals surface area (Å²) >= 11 is 12.5. The normalized spacial score (nSPS) is 25.5. The third kappa shape index (κ3) is 3.95. The quantitative estimate of drug-likeness (QED) is 0.394. The number of piperidine rings is 1. The number of thiophene rings is 1. The molecule has 3 unspecified atom stereocenters. The zero-order valence-electron chi connectivity index (χ0n) is 17.6. The van der Waals surface area contributed by atoms with Crippen LogP contribution in [0, 0.1) is 0 Å². The maximum absolute atomic E-state index is 13.6. The average Bonchev–Trinajstić information content (AvgIpc) is 3.53. The summed E-state index contributed by atoms with van der Waals surface area (Å²) in [6.07, 6.45) is 0.939. The molecular formula is C24H22ClN3O3S2. The van der Waals surface area contributed by atoms with Crippen LogP contribution in [0.5, 0.6) is 0 Å². The fourth-order valence-electron chi connectivity index (χ4n) is 4.57. The van der Waals surface area contributed by atoms with E-state index in [1.54, 1.807) is 24.3 Å². The summed E-state index contributed by atoms with van der Waals surface area (Å²) in [6.45, 7) is 1.34. The van der Waals surface area contributed by atoms with E-state index < -0.39 is 17.4 Å². The van der Waals surface area contributed by atoms with Crippen LogP contribution < -0.4 is 5.32 Å².